The van der Waals surface area contributed by atoms with Crippen molar-refractivity contribution < 1.29 is 9.13 Å². The van der Waals surface area contributed by atoms with E-state index < -0.39 is 11.4 Å². The normalized spacial score (nSPS) is 11.3. The lowest BCUT2D eigenvalue weighted by Crippen LogP contribution is -2.10. The molecule has 2 aromatic carbocycles. The average Bonchev–Trinajstić information content (AvgIpc) is 2.65. The fourth-order valence-electron chi connectivity index (χ4n) is 2.09. The molecule has 0 aliphatic rings. The summed E-state index contributed by atoms with van der Waals surface area (Å²) in [7, 11) is 0. The zero-order chi connectivity index (χ0) is 18.5. The second kappa shape index (κ2) is 7.79. The van der Waals surface area contributed by atoms with E-state index in [9.17, 15) is 9.18 Å². The number of para-hydroxylation sites is 1. The Labute approximate surface area is 153 Å². The minimum atomic E-state index is -0.530. The van der Waals surface area contributed by atoms with Gasteiger partial charge in [0, 0.05) is 5.56 Å². The Morgan fingerprint density at radius 2 is 2.04 bits per heavy atom. The van der Waals surface area contributed by atoms with Crippen LogP contribution in [0.2, 0.25) is 5.02 Å². The molecule has 1 aromatic heterocycles. The zero-order valence-electron chi connectivity index (χ0n) is 13.7. The molecule has 0 saturated heterocycles. The standard InChI is InChI=1S/C18H14ClFN4O2/c1-11(22-23-15-10-21-24-18(25)17(15)19)12-7-8-16(14(20)9-12)26-13-5-3-2-4-6-13/h2-10H,1H3,(H2,23,24,25)/b22-11+. The van der Waals surface area contributed by atoms with Crippen molar-refractivity contribution in [1.29, 1.82) is 0 Å². The second-order valence-electron chi connectivity index (χ2n) is 5.30. The van der Waals surface area contributed by atoms with Gasteiger partial charge in [-0.15, -0.1) is 0 Å². The maximum Gasteiger partial charge on any atom is 0.285 e. The molecule has 2 N–H and O–H groups in total. The van der Waals surface area contributed by atoms with Crippen LogP contribution < -0.4 is 15.7 Å². The quantitative estimate of drug-likeness (QED) is 0.520. The summed E-state index contributed by atoms with van der Waals surface area (Å²) in [5, 5.41) is 9.88. The molecule has 1 heterocycles. The Morgan fingerprint density at radius 1 is 1.27 bits per heavy atom. The van der Waals surface area contributed by atoms with Gasteiger partial charge in [0.1, 0.15) is 16.5 Å². The van der Waals surface area contributed by atoms with E-state index in [1.807, 2.05) is 6.07 Å². The lowest BCUT2D eigenvalue weighted by atomic mass is 10.1. The van der Waals surface area contributed by atoms with E-state index in [4.69, 9.17) is 16.3 Å². The smallest absolute Gasteiger partial charge is 0.285 e. The molecule has 0 spiro atoms. The van der Waals surface area contributed by atoms with Gasteiger partial charge in [-0.3, -0.25) is 10.2 Å². The molecule has 0 amide bonds. The van der Waals surface area contributed by atoms with E-state index in [0.29, 0.717) is 17.0 Å². The maximum absolute atomic E-state index is 14.3. The fourth-order valence-corrected chi connectivity index (χ4v) is 2.23. The minimum absolute atomic E-state index is 0.0608. The van der Waals surface area contributed by atoms with Crippen LogP contribution in [0.15, 0.2) is 64.6 Å². The molecule has 3 aromatic rings. The van der Waals surface area contributed by atoms with E-state index in [1.54, 1.807) is 37.3 Å². The van der Waals surface area contributed by atoms with Gasteiger partial charge in [-0.2, -0.15) is 10.2 Å². The fraction of sp³-hybridized carbons (Fsp3) is 0.0556. The number of H-pyrrole nitrogens is 1. The summed E-state index contributed by atoms with van der Waals surface area (Å²) in [6.45, 7) is 1.69. The van der Waals surface area contributed by atoms with Crippen LogP contribution in [0, 0.1) is 5.82 Å². The first-order chi connectivity index (χ1) is 12.5. The van der Waals surface area contributed by atoms with Crippen LogP contribution in [0.1, 0.15) is 12.5 Å². The van der Waals surface area contributed by atoms with Crippen molar-refractivity contribution in [1.82, 2.24) is 10.2 Å². The highest BCUT2D eigenvalue weighted by Crippen LogP contribution is 2.25. The highest BCUT2D eigenvalue weighted by atomic mass is 35.5. The monoisotopic (exact) mass is 372 g/mol. The maximum atomic E-state index is 14.3. The van der Waals surface area contributed by atoms with E-state index in [-0.39, 0.29) is 16.5 Å². The third-order valence-corrected chi connectivity index (χ3v) is 3.84. The molecule has 0 aliphatic carbocycles. The lowest BCUT2D eigenvalue weighted by molar-refractivity contribution is 0.442. The molecule has 0 fully saturated rings. The summed E-state index contributed by atoms with van der Waals surface area (Å²) in [5.41, 5.74) is 3.40. The van der Waals surface area contributed by atoms with Gasteiger partial charge >= 0.3 is 0 Å². The van der Waals surface area contributed by atoms with Crippen LogP contribution in [-0.2, 0) is 0 Å². The van der Waals surface area contributed by atoms with Crippen LogP contribution >= 0.6 is 11.6 Å². The first-order valence-corrected chi connectivity index (χ1v) is 7.98. The number of hydrogen-bond donors (Lipinski definition) is 2. The van der Waals surface area contributed by atoms with E-state index in [1.165, 1.54) is 18.3 Å². The molecule has 0 saturated carbocycles. The number of benzene rings is 2. The summed E-state index contributed by atoms with van der Waals surface area (Å²) in [6, 6.07) is 13.5. The number of hydrogen-bond acceptors (Lipinski definition) is 5. The van der Waals surface area contributed by atoms with Gasteiger partial charge in [-0.05, 0) is 37.3 Å². The molecular weight excluding hydrogens is 359 g/mol. The Bertz CT molecular complexity index is 1010. The number of nitrogens with one attached hydrogen (secondary N) is 2. The third kappa shape index (κ3) is 4.07. The SMILES string of the molecule is C/C(=N\Nc1cn[nH]c(=O)c1Cl)c1ccc(Oc2ccccc2)c(F)c1. The van der Waals surface area contributed by atoms with E-state index in [2.05, 4.69) is 20.7 Å². The highest BCUT2D eigenvalue weighted by molar-refractivity contribution is 6.32. The number of anilines is 1. The van der Waals surface area contributed by atoms with Crippen molar-refractivity contribution in [3.8, 4) is 11.5 Å². The zero-order valence-corrected chi connectivity index (χ0v) is 14.4. The largest absolute Gasteiger partial charge is 0.454 e. The molecule has 6 nitrogen and oxygen atoms in total. The predicted octanol–water partition coefficient (Wildman–Crippen LogP) is 4.19. The topological polar surface area (TPSA) is 79.4 Å². The summed E-state index contributed by atoms with van der Waals surface area (Å²) in [5.74, 6) is 0.141. The Morgan fingerprint density at radius 3 is 2.77 bits per heavy atom. The Kier molecular flexibility index (Phi) is 5.28. The number of aromatic nitrogens is 2. The first-order valence-electron chi connectivity index (χ1n) is 7.61. The molecule has 0 atom stereocenters. The number of nitrogens with zero attached hydrogens (tertiary/aromatic N) is 2. The first kappa shape index (κ1) is 17.6. The van der Waals surface area contributed by atoms with Crippen molar-refractivity contribution in [2.45, 2.75) is 6.92 Å². The molecule has 0 bridgehead atoms. The minimum Gasteiger partial charge on any atom is -0.454 e. The number of ether oxygens (including phenoxy) is 1. The number of aromatic amines is 1. The Hall–Kier alpha value is -3.19. The molecule has 132 valence electrons. The number of rotatable bonds is 5. The molecule has 3 rings (SSSR count). The van der Waals surface area contributed by atoms with Gasteiger partial charge in [0.2, 0.25) is 0 Å². The van der Waals surface area contributed by atoms with Gasteiger partial charge in [0.25, 0.3) is 5.56 Å². The van der Waals surface area contributed by atoms with Crippen LogP contribution in [0.3, 0.4) is 0 Å². The van der Waals surface area contributed by atoms with Crippen molar-refractivity contribution in [3.63, 3.8) is 0 Å². The van der Waals surface area contributed by atoms with Crippen molar-refractivity contribution in [3.05, 3.63) is 81.5 Å². The third-order valence-electron chi connectivity index (χ3n) is 3.46. The van der Waals surface area contributed by atoms with Crippen LogP contribution in [0.5, 0.6) is 11.5 Å². The molecule has 0 radical (unpaired) electrons. The van der Waals surface area contributed by atoms with Gasteiger partial charge in [0.05, 0.1) is 11.9 Å². The predicted molar refractivity (Wildman–Crippen MR) is 98.6 cm³/mol. The number of halogens is 2. The molecule has 0 unspecified atom stereocenters. The molecule has 0 aliphatic heterocycles. The summed E-state index contributed by atoms with van der Waals surface area (Å²) < 4.78 is 19.8. The van der Waals surface area contributed by atoms with Crippen LogP contribution in [0.4, 0.5) is 10.1 Å². The second-order valence-corrected chi connectivity index (χ2v) is 5.67. The Balaban J connectivity index is 1.77. The lowest BCUT2D eigenvalue weighted by Gasteiger charge is -2.09. The van der Waals surface area contributed by atoms with Gasteiger partial charge in [-0.25, -0.2) is 9.49 Å². The summed E-state index contributed by atoms with van der Waals surface area (Å²) in [4.78, 5) is 11.4. The van der Waals surface area contributed by atoms with E-state index in [0.717, 1.165) is 0 Å². The summed E-state index contributed by atoms with van der Waals surface area (Å²) in [6.07, 6.45) is 1.33. The van der Waals surface area contributed by atoms with Crippen molar-refractivity contribution in [2.75, 3.05) is 5.43 Å². The van der Waals surface area contributed by atoms with Gasteiger partial charge < -0.3 is 4.74 Å². The van der Waals surface area contributed by atoms with Crippen molar-refractivity contribution >= 4 is 23.0 Å². The van der Waals surface area contributed by atoms with Gasteiger partial charge in [-0.1, -0.05) is 29.8 Å². The summed E-state index contributed by atoms with van der Waals surface area (Å²) >= 11 is 5.85. The highest BCUT2D eigenvalue weighted by Gasteiger charge is 2.09. The molecule has 26 heavy (non-hydrogen) atoms. The molecule has 8 heteroatoms. The van der Waals surface area contributed by atoms with Crippen LogP contribution in [-0.4, -0.2) is 15.9 Å². The van der Waals surface area contributed by atoms with Crippen LogP contribution in [0.25, 0.3) is 0 Å². The number of hydrazone groups is 1. The molecular formula is C18H14ClFN4O2. The van der Waals surface area contributed by atoms with E-state index >= 15 is 0 Å². The average molecular weight is 373 g/mol. The van der Waals surface area contributed by atoms with Gasteiger partial charge in [0.15, 0.2) is 11.6 Å². The van der Waals surface area contributed by atoms with Crippen molar-refractivity contribution in [2.24, 2.45) is 5.10 Å².